The van der Waals surface area contributed by atoms with Crippen LogP contribution in [-0.2, 0) is 9.53 Å². The molecule has 0 aromatic heterocycles. The van der Waals surface area contributed by atoms with Gasteiger partial charge in [-0.2, -0.15) is 0 Å². The van der Waals surface area contributed by atoms with Crippen LogP contribution in [0.25, 0.3) is 0 Å². The van der Waals surface area contributed by atoms with E-state index in [1.165, 1.54) is 30.7 Å². The van der Waals surface area contributed by atoms with Crippen LogP contribution >= 0.6 is 24.8 Å². The maximum absolute atomic E-state index is 11.8. The zero-order chi connectivity index (χ0) is 22.4. The fourth-order valence-electron chi connectivity index (χ4n) is 4.04. The van der Waals surface area contributed by atoms with E-state index in [1.54, 1.807) is 12.1 Å². The highest BCUT2D eigenvalue weighted by Crippen LogP contribution is 2.23. The molecule has 3 rings (SSSR count). The smallest absolute Gasteiger partial charge is 0.303 e. The molecule has 0 N–H and O–H groups in total. The summed E-state index contributed by atoms with van der Waals surface area (Å²) in [6.45, 7) is 11.6. The predicted molar refractivity (Wildman–Crippen MR) is 137 cm³/mol. The van der Waals surface area contributed by atoms with Gasteiger partial charge in [0.15, 0.2) is 5.78 Å². The van der Waals surface area contributed by atoms with Crippen molar-refractivity contribution in [3.8, 4) is 5.75 Å². The van der Waals surface area contributed by atoms with Crippen LogP contribution in [0.1, 0.15) is 35.3 Å². The normalized spacial score (nSPS) is 14.5. The minimum Gasteiger partial charge on any atom is -0.489 e. The van der Waals surface area contributed by atoms with Crippen molar-refractivity contribution >= 4 is 42.3 Å². The van der Waals surface area contributed by atoms with Gasteiger partial charge < -0.3 is 14.4 Å². The molecule has 33 heavy (non-hydrogen) atoms. The summed E-state index contributed by atoms with van der Waals surface area (Å²) in [4.78, 5) is 28.2. The Morgan fingerprint density at radius 3 is 2.24 bits per heavy atom. The lowest BCUT2D eigenvalue weighted by molar-refractivity contribution is -0.148. The molecule has 0 saturated carbocycles. The Morgan fingerprint density at radius 1 is 0.970 bits per heavy atom. The van der Waals surface area contributed by atoms with Gasteiger partial charge >= 0.3 is 5.97 Å². The zero-order valence-corrected chi connectivity index (χ0v) is 21.3. The van der Waals surface area contributed by atoms with Gasteiger partial charge in [0.25, 0.3) is 0 Å². The third-order valence-electron chi connectivity index (χ3n) is 5.55. The first-order chi connectivity index (χ1) is 14.8. The first-order valence-electron chi connectivity index (χ1n) is 10.8. The molecule has 1 aliphatic heterocycles. The summed E-state index contributed by atoms with van der Waals surface area (Å²) in [5, 5.41) is 0. The molecule has 0 amide bonds. The van der Waals surface area contributed by atoms with E-state index in [9.17, 15) is 9.59 Å². The molecular weight excluding hydrogens is 463 g/mol. The van der Waals surface area contributed by atoms with Gasteiger partial charge in [-0.05, 0) is 44.5 Å². The lowest BCUT2D eigenvalue weighted by atomic mass is 10.1. The lowest BCUT2D eigenvalue weighted by Crippen LogP contribution is -2.50. The summed E-state index contributed by atoms with van der Waals surface area (Å²) in [6.07, 6.45) is -0.398. The molecule has 0 radical (unpaired) electrons. The van der Waals surface area contributed by atoms with Crippen LogP contribution in [0.15, 0.2) is 42.5 Å². The number of piperazine rings is 1. The lowest BCUT2D eigenvalue weighted by Gasteiger charge is -2.38. The fourth-order valence-corrected chi connectivity index (χ4v) is 4.04. The third kappa shape index (κ3) is 8.22. The van der Waals surface area contributed by atoms with E-state index >= 15 is 0 Å². The number of Topliss-reactive ketones (excluding diaryl/α,β-unsaturated/α-hetero) is 1. The number of hydrogen-bond acceptors (Lipinski definition) is 6. The molecule has 6 nitrogen and oxygen atoms in total. The number of carbonyl (C=O) groups excluding carboxylic acids is 2. The van der Waals surface area contributed by atoms with Crippen LogP contribution < -0.4 is 9.64 Å². The van der Waals surface area contributed by atoms with Gasteiger partial charge in [0.2, 0.25) is 0 Å². The van der Waals surface area contributed by atoms with Crippen molar-refractivity contribution in [2.45, 2.75) is 33.8 Å². The van der Waals surface area contributed by atoms with Gasteiger partial charge in [-0.3, -0.25) is 14.5 Å². The summed E-state index contributed by atoms with van der Waals surface area (Å²) < 4.78 is 11.4. The molecule has 1 atom stereocenters. The van der Waals surface area contributed by atoms with E-state index in [0.717, 1.165) is 26.2 Å². The van der Waals surface area contributed by atoms with Crippen molar-refractivity contribution in [1.29, 1.82) is 0 Å². The van der Waals surface area contributed by atoms with Gasteiger partial charge in [0.05, 0.1) is 5.56 Å². The van der Waals surface area contributed by atoms with Crippen LogP contribution in [0.4, 0.5) is 5.69 Å². The Morgan fingerprint density at radius 2 is 1.64 bits per heavy atom. The van der Waals surface area contributed by atoms with Crippen molar-refractivity contribution in [3.63, 3.8) is 0 Å². The predicted octanol–water partition coefficient (Wildman–Crippen LogP) is 4.48. The summed E-state index contributed by atoms with van der Waals surface area (Å²) >= 11 is 0. The standard InChI is InChI=1S/C25H32N2O4.2ClH/c1-18-9-10-24(19(2)15-18)27-13-11-26(12-14-27)16-22(31-21(4)29)17-30-25-8-6-5-7-23(25)20(3)28;;/h5-10,15,22H,11-14,16-17H2,1-4H3;2*1H. The molecular formula is C25H34Cl2N2O4. The number of rotatable bonds is 8. The number of aryl methyl sites for hydroxylation is 2. The van der Waals surface area contributed by atoms with Crippen molar-refractivity contribution < 1.29 is 19.1 Å². The SMILES string of the molecule is CC(=O)OC(COc1ccccc1C(C)=O)CN1CCN(c2ccc(C)cc2C)CC1.Cl.Cl. The van der Waals surface area contributed by atoms with Gasteiger partial charge in [-0.1, -0.05) is 29.8 Å². The number of anilines is 1. The molecule has 1 saturated heterocycles. The van der Waals surface area contributed by atoms with Crippen molar-refractivity contribution in [1.82, 2.24) is 4.90 Å². The topological polar surface area (TPSA) is 59.1 Å². The zero-order valence-electron chi connectivity index (χ0n) is 19.7. The van der Waals surface area contributed by atoms with Crippen LogP contribution in [0.3, 0.4) is 0 Å². The second kappa shape index (κ2) is 13.4. The number of benzene rings is 2. The number of hydrogen-bond donors (Lipinski definition) is 0. The van der Waals surface area contributed by atoms with E-state index in [4.69, 9.17) is 9.47 Å². The Bertz CT molecular complexity index is 930. The molecule has 0 aliphatic carbocycles. The van der Waals surface area contributed by atoms with Crippen LogP contribution in [0, 0.1) is 13.8 Å². The molecule has 2 aromatic rings. The highest BCUT2D eigenvalue weighted by atomic mass is 35.5. The molecule has 2 aromatic carbocycles. The van der Waals surface area contributed by atoms with E-state index in [0.29, 0.717) is 17.9 Å². The highest BCUT2D eigenvalue weighted by Gasteiger charge is 2.23. The Labute approximate surface area is 209 Å². The van der Waals surface area contributed by atoms with Crippen LogP contribution in [-0.4, -0.2) is 62.1 Å². The van der Waals surface area contributed by atoms with E-state index < -0.39 is 6.10 Å². The summed E-state index contributed by atoms with van der Waals surface area (Å²) in [5.41, 5.74) is 4.39. The molecule has 1 aliphatic rings. The number of esters is 1. The van der Waals surface area contributed by atoms with E-state index in [2.05, 4.69) is 41.8 Å². The molecule has 1 unspecified atom stereocenters. The fraction of sp³-hybridized carbons (Fsp3) is 0.440. The van der Waals surface area contributed by atoms with E-state index in [-0.39, 0.29) is 43.2 Å². The average Bonchev–Trinajstić information content (AvgIpc) is 2.72. The molecule has 0 bridgehead atoms. The number of para-hydroxylation sites is 1. The monoisotopic (exact) mass is 496 g/mol. The Kier molecular flexibility index (Phi) is 11.7. The number of nitrogens with zero attached hydrogens (tertiary/aromatic N) is 2. The van der Waals surface area contributed by atoms with Crippen molar-refractivity contribution in [2.24, 2.45) is 0 Å². The molecule has 1 heterocycles. The summed E-state index contributed by atoms with van der Waals surface area (Å²) in [5.74, 6) is 0.136. The molecule has 182 valence electrons. The average molecular weight is 497 g/mol. The molecule has 8 heteroatoms. The highest BCUT2D eigenvalue weighted by molar-refractivity contribution is 5.96. The third-order valence-corrected chi connectivity index (χ3v) is 5.55. The second-order valence-corrected chi connectivity index (χ2v) is 8.17. The minimum atomic E-state index is -0.398. The molecule has 0 spiro atoms. The minimum absolute atomic E-state index is 0. The van der Waals surface area contributed by atoms with Gasteiger partial charge in [0.1, 0.15) is 18.5 Å². The van der Waals surface area contributed by atoms with Gasteiger partial charge in [-0.15, -0.1) is 24.8 Å². The Balaban J connectivity index is 0.00000272. The Hall–Kier alpha value is -2.28. The first-order valence-corrected chi connectivity index (χ1v) is 10.8. The maximum Gasteiger partial charge on any atom is 0.303 e. The number of carbonyl (C=O) groups is 2. The quantitative estimate of drug-likeness (QED) is 0.396. The number of halogens is 2. The maximum atomic E-state index is 11.8. The van der Waals surface area contributed by atoms with Gasteiger partial charge in [0, 0.05) is 45.3 Å². The molecule has 1 fully saturated rings. The van der Waals surface area contributed by atoms with Crippen LogP contribution in [0.5, 0.6) is 5.75 Å². The second-order valence-electron chi connectivity index (χ2n) is 8.17. The number of ketones is 1. The van der Waals surface area contributed by atoms with Crippen molar-refractivity contribution in [3.05, 3.63) is 59.2 Å². The first kappa shape index (κ1) is 28.8. The van der Waals surface area contributed by atoms with Crippen molar-refractivity contribution in [2.75, 3.05) is 44.2 Å². The summed E-state index contributed by atoms with van der Waals surface area (Å²) in [7, 11) is 0. The van der Waals surface area contributed by atoms with E-state index in [1.807, 2.05) is 12.1 Å². The largest absolute Gasteiger partial charge is 0.489 e. The summed E-state index contributed by atoms with van der Waals surface area (Å²) in [6, 6.07) is 13.7. The van der Waals surface area contributed by atoms with Gasteiger partial charge in [-0.25, -0.2) is 0 Å². The number of ether oxygens (including phenoxy) is 2. The van der Waals surface area contributed by atoms with Crippen LogP contribution in [0.2, 0.25) is 0 Å².